The zero-order valence-corrected chi connectivity index (χ0v) is 12.7. The topological polar surface area (TPSA) is 89.2 Å². The van der Waals surface area contributed by atoms with Gasteiger partial charge in [-0.25, -0.2) is 13.1 Å². The third-order valence-electron chi connectivity index (χ3n) is 3.12. The minimum absolute atomic E-state index is 0.0866. The van der Waals surface area contributed by atoms with E-state index in [1.165, 1.54) is 13.1 Å². The highest BCUT2D eigenvalue weighted by Crippen LogP contribution is 2.20. The summed E-state index contributed by atoms with van der Waals surface area (Å²) < 4.78 is 32.4. The Kier molecular flexibility index (Phi) is 3.87. The van der Waals surface area contributed by atoms with Crippen LogP contribution in [0.5, 0.6) is 0 Å². The van der Waals surface area contributed by atoms with Crippen molar-refractivity contribution in [2.24, 2.45) is 7.05 Å². The van der Waals surface area contributed by atoms with Crippen LogP contribution in [0.3, 0.4) is 0 Å². The smallest absolute Gasteiger partial charge is 0.273 e. The SMILES string of the molecule is CNS(=O)(=O)c1ccc(CNc2c(C)nn(C)c2C)o1. The first-order valence-electron chi connectivity index (χ1n) is 6.11. The van der Waals surface area contributed by atoms with Gasteiger partial charge in [-0.1, -0.05) is 0 Å². The van der Waals surface area contributed by atoms with Gasteiger partial charge >= 0.3 is 0 Å². The van der Waals surface area contributed by atoms with Crippen molar-refractivity contribution in [3.63, 3.8) is 0 Å². The highest BCUT2D eigenvalue weighted by Gasteiger charge is 2.16. The van der Waals surface area contributed by atoms with Gasteiger partial charge < -0.3 is 9.73 Å². The van der Waals surface area contributed by atoms with E-state index >= 15 is 0 Å². The van der Waals surface area contributed by atoms with Crippen molar-refractivity contribution >= 4 is 15.7 Å². The summed E-state index contributed by atoms with van der Waals surface area (Å²) in [7, 11) is -0.315. The van der Waals surface area contributed by atoms with E-state index in [0.717, 1.165) is 17.1 Å². The van der Waals surface area contributed by atoms with Crippen LogP contribution in [0.1, 0.15) is 17.1 Å². The van der Waals surface area contributed by atoms with Gasteiger partial charge in [0.05, 0.1) is 23.6 Å². The Morgan fingerprint density at radius 3 is 2.60 bits per heavy atom. The van der Waals surface area contributed by atoms with E-state index in [1.807, 2.05) is 20.9 Å². The second-order valence-corrected chi connectivity index (χ2v) is 6.27. The van der Waals surface area contributed by atoms with Gasteiger partial charge in [-0.05, 0) is 33.0 Å². The van der Waals surface area contributed by atoms with Gasteiger partial charge in [0.15, 0.2) is 0 Å². The predicted molar refractivity (Wildman–Crippen MR) is 75.0 cm³/mol. The van der Waals surface area contributed by atoms with E-state index in [4.69, 9.17) is 4.42 Å². The third-order valence-corrected chi connectivity index (χ3v) is 4.41. The van der Waals surface area contributed by atoms with Crippen LogP contribution in [0.4, 0.5) is 5.69 Å². The number of nitrogens with zero attached hydrogens (tertiary/aromatic N) is 2. The molecular formula is C12H18N4O3S. The number of nitrogens with one attached hydrogen (secondary N) is 2. The van der Waals surface area contributed by atoms with E-state index in [9.17, 15) is 8.42 Å². The number of anilines is 1. The Morgan fingerprint density at radius 2 is 2.05 bits per heavy atom. The molecule has 0 spiro atoms. The third kappa shape index (κ3) is 2.70. The average molecular weight is 298 g/mol. The fraction of sp³-hybridized carbons (Fsp3) is 0.417. The Hall–Kier alpha value is -1.80. The Bertz CT molecular complexity index is 715. The Morgan fingerprint density at radius 1 is 1.35 bits per heavy atom. The van der Waals surface area contributed by atoms with Gasteiger partial charge in [-0.2, -0.15) is 5.10 Å². The summed E-state index contributed by atoms with van der Waals surface area (Å²) in [6, 6.07) is 3.07. The van der Waals surface area contributed by atoms with Gasteiger partial charge in [-0.15, -0.1) is 0 Å². The molecule has 0 saturated heterocycles. The molecule has 0 aromatic carbocycles. The molecule has 0 amide bonds. The van der Waals surface area contributed by atoms with Crippen LogP contribution in [-0.4, -0.2) is 25.2 Å². The lowest BCUT2D eigenvalue weighted by atomic mass is 10.3. The largest absolute Gasteiger partial charge is 0.446 e. The first-order valence-corrected chi connectivity index (χ1v) is 7.60. The molecule has 110 valence electrons. The number of hydrogen-bond acceptors (Lipinski definition) is 5. The molecule has 0 atom stereocenters. The maximum atomic E-state index is 11.6. The molecule has 0 aliphatic carbocycles. The number of furan rings is 1. The second-order valence-electron chi connectivity index (χ2n) is 4.45. The monoisotopic (exact) mass is 298 g/mol. The van der Waals surface area contributed by atoms with Gasteiger partial charge in [0.2, 0.25) is 5.09 Å². The molecule has 2 N–H and O–H groups in total. The van der Waals surface area contributed by atoms with Gasteiger partial charge in [-0.3, -0.25) is 4.68 Å². The van der Waals surface area contributed by atoms with Crippen LogP contribution in [0, 0.1) is 13.8 Å². The van der Waals surface area contributed by atoms with E-state index in [1.54, 1.807) is 10.7 Å². The molecule has 0 aliphatic rings. The summed E-state index contributed by atoms with van der Waals surface area (Å²) in [5.74, 6) is 0.543. The molecule has 2 aromatic rings. The van der Waals surface area contributed by atoms with Crippen LogP contribution in [0.15, 0.2) is 21.6 Å². The van der Waals surface area contributed by atoms with Crippen LogP contribution in [0.2, 0.25) is 0 Å². The predicted octanol–water partition coefficient (Wildman–Crippen LogP) is 1.15. The molecule has 2 rings (SSSR count). The molecule has 2 heterocycles. The normalized spacial score (nSPS) is 11.8. The van der Waals surface area contributed by atoms with Crippen molar-refractivity contribution in [2.45, 2.75) is 25.5 Å². The van der Waals surface area contributed by atoms with Gasteiger partial charge in [0.25, 0.3) is 10.0 Å². The zero-order valence-electron chi connectivity index (χ0n) is 11.9. The van der Waals surface area contributed by atoms with Crippen molar-refractivity contribution in [3.05, 3.63) is 29.3 Å². The minimum atomic E-state index is -3.53. The first-order chi connectivity index (χ1) is 9.35. The molecule has 0 unspecified atom stereocenters. The molecule has 7 nitrogen and oxygen atoms in total. The summed E-state index contributed by atoms with van der Waals surface area (Å²) in [6.07, 6.45) is 0. The van der Waals surface area contributed by atoms with Crippen molar-refractivity contribution in [1.82, 2.24) is 14.5 Å². The molecule has 2 aromatic heterocycles. The molecule has 0 radical (unpaired) electrons. The number of sulfonamides is 1. The van der Waals surface area contributed by atoms with Crippen LogP contribution in [0.25, 0.3) is 0 Å². The highest BCUT2D eigenvalue weighted by atomic mass is 32.2. The molecule has 0 fully saturated rings. The molecule has 20 heavy (non-hydrogen) atoms. The number of aryl methyl sites for hydroxylation is 2. The Balaban J connectivity index is 2.12. The standard InChI is InChI=1S/C12H18N4O3S/c1-8-12(9(2)16(4)15-8)14-7-10-5-6-11(19-10)20(17,18)13-3/h5-6,13-14H,7H2,1-4H3. The quantitative estimate of drug-likeness (QED) is 0.864. The summed E-state index contributed by atoms with van der Waals surface area (Å²) in [4.78, 5) is 0. The van der Waals surface area contributed by atoms with Gasteiger partial charge in [0, 0.05) is 7.05 Å². The molecule has 0 aliphatic heterocycles. The molecule has 0 bridgehead atoms. The van der Waals surface area contributed by atoms with Crippen molar-refractivity contribution < 1.29 is 12.8 Å². The van der Waals surface area contributed by atoms with Crippen LogP contribution < -0.4 is 10.0 Å². The van der Waals surface area contributed by atoms with Crippen LogP contribution in [-0.2, 0) is 23.6 Å². The summed E-state index contributed by atoms with van der Waals surface area (Å²) in [5.41, 5.74) is 2.83. The maximum absolute atomic E-state index is 11.6. The first kappa shape index (κ1) is 14.6. The zero-order chi connectivity index (χ0) is 14.9. The van der Waals surface area contributed by atoms with Crippen LogP contribution >= 0.6 is 0 Å². The lowest BCUT2D eigenvalue weighted by Crippen LogP contribution is -2.17. The highest BCUT2D eigenvalue weighted by molar-refractivity contribution is 7.89. The lowest BCUT2D eigenvalue weighted by Gasteiger charge is -2.04. The van der Waals surface area contributed by atoms with Crippen molar-refractivity contribution in [2.75, 3.05) is 12.4 Å². The fourth-order valence-electron chi connectivity index (χ4n) is 1.90. The molecular weight excluding hydrogens is 280 g/mol. The maximum Gasteiger partial charge on any atom is 0.273 e. The molecule has 8 heteroatoms. The number of hydrogen-bond donors (Lipinski definition) is 2. The van der Waals surface area contributed by atoms with E-state index in [2.05, 4.69) is 15.1 Å². The number of rotatable bonds is 5. The second kappa shape index (κ2) is 5.29. The average Bonchev–Trinajstić information content (AvgIpc) is 2.95. The van der Waals surface area contributed by atoms with E-state index in [0.29, 0.717) is 12.3 Å². The summed E-state index contributed by atoms with van der Waals surface area (Å²) >= 11 is 0. The fourth-order valence-corrected chi connectivity index (χ4v) is 2.57. The lowest BCUT2D eigenvalue weighted by molar-refractivity contribution is 0.417. The number of aromatic nitrogens is 2. The van der Waals surface area contributed by atoms with Crippen molar-refractivity contribution in [1.29, 1.82) is 0 Å². The molecule has 0 saturated carbocycles. The van der Waals surface area contributed by atoms with E-state index in [-0.39, 0.29) is 5.09 Å². The van der Waals surface area contributed by atoms with Gasteiger partial charge in [0.1, 0.15) is 5.76 Å². The van der Waals surface area contributed by atoms with E-state index < -0.39 is 10.0 Å². The Labute approximate surface area is 118 Å². The summed E-state index contributed by atoms with van der Waals surface area (Å²) in [6.45, 7) is 4.27. The summed E-state index contributed by atoms with van der Waals surface area (Å²) in [5, 5.41) is 7.42. The minimum Gasteiger partial charge on any atom is -0.446 e. The van der Waals surface area contributed by atoms with Crippen molar-refractivity contribution in [3.8, 4) is 0 Å².